The van der Waals surface area contributed by atoms with Gasteiger partial charge in [0.25, 0.3) is 5.91 Å². The first kappa shape index (κ1) is 16.1. The molecule has 1 N–H and O–H groups in total. The van der Waals surface area contributed by atoms with Gasteiger partial charge in [0.1, 0.15) is 5.76 Å². The van der Waals surface area contributed by atoms with E-state index in [2.05, 4.69) is 17.1 Å². The van der Waals surface area contributed by atoms with Crippen LogP contribution in [0.5, 0.6) is 0 Å². The Hall–Kier alpha value is -2.34. The van der Waals surface area contributed by atoms with E-state index in [1.54, 1.807) is 6.26 Å². The van der Waals surface area contributed by atoms with Crippen LogP contribution in [0.4, 0.5) is 0 Å². The summed E-state index contributed by atoms with van der Waals surface area (Å²) >= 11 is 0. The summed E-state index contributed by atoms with van der Waals surface area (Å²) < 4.78 is 11.4. The van der Waals surface area contributed by atoms with Crippen molar-refractivity contribution in [2.24, 2.45) is 0 Å². The van der Waals surface area contributed by atoms with Crippen molar-refractivity contribution in [2.45, 2.75) is 45.8 Å². The van der Waals surface area contributed by atoms with Crippen molar-refractivity contribution < 1.29 is 13.9 Å². The molecule has 2 aliphatic heterocycles. The van der Waals surface area contributed by atoms with Gasteiger partial charge in [-0.15, -0.1) is 0 Å². The van der Waals surface area contributed by atoms with Crippen molar-refractivity contribution in [3.8, 4) is 0 Å². The molecule has 6 heteroatoms. The number of nitrogens with one attached hydrogen (secondary N) is 1. The van der Waals surface area contributed by atoms with Crippen LogP contribution in [0.15, 0.2) is 28.4 Å². The Morgan fingerprint density at radius 1 is 1.40 bits per heavy atom. The summed E-state index contributed by atoms with van der Waals surface area (Å²) in [5.74, 6) is 0.824. The molecule has 132 valence electrons. The summed E-state index contributed by atoms with van der Waals surface area (Å²) in [6.07, 6.45) is 3.27. The molecule has 0 saturated heterocycles. The van der Waals surface area contributed by atoms with Gasteiger partial charge in [0.2, 0.25) is 0 Å². The zero-order valence-corrected chi connectivity index (χ0v) is 14.8. The zero-order chi connectivity index (χ0) is 17.6. The van der Waals surface area contributed by atoms with E-state index >= 15 is 0 Å². The van der Waals surface area contributed by atoms with E-state index in [0.717, 1.165) is 29.0 Å². The molecule has 2 atom stereocenters. The Bertz CT molecular complexity index is 819. The molecule has 0 bridgehead atoms. The fourth-order valence-electron chi connectivity index (χ4n) is 3.77. The number of rotatable bonds is 2. The van der Waals surface area contributed by atoms with Gasteiger partial charge in [-0.05, 0) is 39.3 Å². The third-order valence-electron chi connectivity index (χ3n) is 5.16. The highest BCUT2D eigenvalue weighted by Gasteiger charge is 2.32. The molecule has 2 aromatic rings. The van der Waals surface area contributed by atoms with E-state index in [9.17, 15) is 4.79 Å². The fraction of sp³-hybridized carbons (Fsp3) is 0.474. The molecule has 0 saturated carbocycles. The van der Waals surface area contributed by atoms with Crippen LogP contribution in [0.1, 0.15) is 60.8 Å². The minimum Gasteiger partial charge on any atom is -0.465 e. The smallest absolute Gasteiger partial charge is 0.274 e. The highest BCUT2D eigenvalue weighted by Crippen LogP contribution is 2.32. The van der Waals surface area contributed by atoms with E-state index < -0.39 is 0 Å². The third kappa shape index (κ3) is 2.80. The van der Waals surface area contributed by atoms with Crippen LogP contribution >= 0.6 is 0 Å². The molecule has 1 amide bonds. The molecule has 0 aliphatic carbocycles. The number of carbonyl (C=O) groups excluding carboxylic acids is 1. The molecule has 2 aromatic heterocycles. The Morgan fingerprint density at radius 2 is 2.24 bits per heavy atom. The Kier molecular flexibility index (Phi) is 4.00. The molecular formula is C19H23N3O3. The minimum atomic E-state index is -0.0602. The SMILES string of the molecule is CC1=C(c2ccco2)CN(C(=O)c2n[nH]c3c2C[C@@H](C)O[C@H]3C)CC1. The van der Waals surface area contributed by atoms with Crippen LogP contribution < -0.4 is 0 Å². The van der Waals surface area contributed by atoms with Crippen molar-refractivity contribution in [1.82, 2.24) is 15.1 Å². The number of nitrogens with zero attached hydrogens (tertiary/aromatic N) is 2. The summed E-state index contributed by atoms with van der Waals surface area (Å²) in [4.78, 5) is 15.0. The molecule has 0 spiro atoms. The van der Waals surface area contributed by atoms with Crippen molar-refractivity contribution in [2.75, 3.05) is 13.1 Å². The molecule has 6 nitrogen and oxygen atoms in total. The molecule has 0 radical (unpaired) electrons. The highest BCUT2D eigenvalue weighted by atomic mass is 16.5. The van der Waals surface area contributed by atoms with Crippen LogP contribution in [0.2, 0.25) is 0 Å². The van der Waals surface area contributed by atoms with Crippen LogP contribution in [-0.4, -0.2) is 40.2 Å². The quantitative estimate of drug-likeness (QED) is 0.909. The van der Waals surface area contributed by atoms with Gasteiger partial charge in [-0.25, -0.2) is 0 Å². The average Bonchev–Trinajstić information content (AvgIpc) is 3.24. The zero-order valence-electron chi connectivity index (χ0n) is 14.8. The Balaban J connectivity index is 1.61. The Labute approximate surface area is 146 Å². The molecular weight excluding hydrogens is 318 g/mol. The lowest BCUT2D eigenvalue weighted by atomic mass is 9.97. The van der Waals surface area contributed by atoms with E-state index in [1.165, 1.54) is 5.57 Å². The van der Waals surface area contributed by atoms with Gasteiger partial charge in [0.15, 0.2) is 5.69 Å². The number of H-pyrrole nitrogens is 1. The van der Waals surface area contributed by atoms with Gasteiger partial charge >= 0.3 is 0 Å². The fourth-order valence-corrected chi connectivity index (χ4v) is 3.77. The summed E-state index contributed by atoms with van der Waals surface area (Å²) in [5.41, 5.74) is 4.84. The first-order valence-corrected chi connectivity index (χ1v) is 8.79. The number of carbonyl (C=O) groups is 1. The number of ether oxygens (including phenoxy) is 1. The maximum atomic E-state index is 13.1. The molecule has 4 rings (SSSR count). The number of hydrogen-bond acceptors (Lipinski definition) is 4. The van der Waals surface area contributed by atoms with Gasteiger partial charge in [-0.3, -0.25) is 9.89 Å². The van der Waals surface area contributed by atoms with Gasteiger partial charge in [-0.2, -0.15) is 5.10 Å². The van der Waals surface area contributed by atoms with Crippen LogP contribution in [0.25, 0.3) is 5.57 Å². The molecule has 25 heavy (non-hydrogen) atoms. The first-order valence-electron chi connectivity index (χ1n) is 8.79. The predicted octanol–water partition coefficient (Wildman–Crippen LogP) is 3.34. The third-order valence-corrected chi connectivity index (χ3v) is 5.16. The van der Waals surface area contributed by atoms with Gasteiger partial charge in [0.05, 0.1) is 24.2 Å². The molecule has 4 heterocycles. The van der Waals surface area contributed by atoms with Crippen LogP contribution in [0.3, 0.4) is 0 Å². The lowest BCUT2D eigenvalue weighted by molar-refractivity contribution is -0.00701. The number of furan rings is 1. The van der Waals surface area contributed by atoms with E-state index in [-0.39, 0.29) is 18.1 Å². The Morgan fingerprint density at radius 3 is 3.00 bits per heavy atom. The van der Waals surface area contributed by atoms with Crippen molar-refractivity contribution in [3.63, 3.8) is 0 Å². The maximum absolute atomic E-state index is 13.1. The minimum absolute atomic E-state index is 0.0182. The maximum Gasteiger partial charge on any atom is 0.274 e. The van der Waals surface area contributed by atoms with Crippen molar-refractivity contribution >= 4 is 11.5 Å². The van der Waals surface area contributed by atoms with Crippen LogP contribution in [0, 0.1) is 0 Å². The van der Waals surface area contributed by atoms with Crippen LogP contribution in [-0.2, 0) is 11.2 Å². The predicted molar refractivity (Wildman–Crippen MR) is 93.1 cm³/mol. The molecule has 0 unspecified atom stereocenters. The number of hydrogen-bond donors (Lipinski definition) is 1. The second kappa shape index (κ2) is 6.19. The monoisotopic (exact) mass is 341 g/mol. The first-order chi connectivity index (χ1) is 12.0. The molecule has 0 aromatic carbocycles. The van der Waals surface area contributed by atoms with E-state index in [1.807, 2.05) is 30.9 Å². The topological polar surface area (TPSA) is 71.4 Å². The second-order valence-corrected chi connectivity index (χ2v) is 6.97. The highest BCUT2D eigenvalue weighted by molar-refractivity contribution is 5.95. The summed E-state index contributed by atoms with van der Waals surface area (Å²) in [6.45, 7) is 7.39. The summed E-state index contributed by atoms with van der Waals surface area (Å²) in [7, 11) is 0. The number of amides is 1. The lowest BCUT2D eigenvalue weighted by Crippen LogP contribution is -2.37. The number of aromatic amines is 1. The summed E-state index contributed by atoms with van der Waals surface area (Å²) in [6, 6.07) is 3.83. The molecule has 0 fully saturated rings. The van der Waals surface area contributed by atoms with E-state index in [0.29, 0.717) is 25.2 Å². The normalized spacial score (nSPS) is 23.7. The second-order valence-electron chi connectivity index (χ2n) is 6.97. The van der Waals surface area contributed by atoms with Crippen molar-refractivity contribution in [1.29, 1.82) is 0 Å². The van der Waals surface area contributed by atoms with Gasteiger partial charge in [0, 0.05) is 30.6 Å². The van der Waals surface area contributed by atoms with E-state index in [4.69, 9.17) is 9.15 Å². The standard InChI is InChI=1S/C19H23N3O3/c1-11-6-7-22(10-15(11)16-5-4-8-24-16)19(23)18-14-9-12(2)25-13(3)17(14)20-21-18/h4-5,8,12-13H,6-7,9-10H2,1-3H3,(H,20,21)/t12-,13+/m1/s1. The summed E-state index contributed by atoms with van der Waals surface area (Å²) in [5, 5.41) is 7.34. The van der Waals surface area contributed by atoms with Gasteiger partial charge < -0.3 is 14.1 Å². The number of fused-ring (bicyclic) bond motifs is 1. The van der Waals surface area contributed by atoms with Crippen molar-refractivity contribution in [3.05, 3.63) is 46.7 Å². The molecule has 2 aliphatic rings. The average molecular weight is 341 g/mol. The lowest BCUT2D eigenvalue weighted by Gasteiger charge is -2.30. The largest absolute Gasteiger partial charge is 0.465 e. The van der Waals surface area contributed by atoms with Gasteiger partial charge in [-0.1, -0.05) is 5.57 Å². The number of aromatic nitrogens is 2.